The molecule has 0 radical (unpaired) electrons. The van der Waals surface area contributed by atoms with Crippen molar-refractivity contribution in [2.75, 3.05) is 5.43 Å². The number of carboxylic acids is 1. The zero-order valence-electron chi connectivity index (χ0n) is 7.27. The van der Waals surface area contributed by atoms with Gasteiger partial charge in [-0.05, 0) is 17.7 Å². The topological polar surface area (TPSA) is 75.3 Å². The fraction of sp³-hybridized carbons (Fsp3) is 0.125. The molecule has 0 saturated carbocycles. The minimum Gasteiger partial charge on any atom is -0.481 e. The summed E-state index contributed by atoms with van der Waals surface area (Å²) in [5.74, 6) is 4.30. The maximum Gasteiger partial charge on any atom is 0.307 e. The molecule has 1 aromatic rings. The Labute approximate surface area is 94.3 Å². The van der Waals surface area contributed by atoms with Gasteiger partial charge in [-0.3, -0.25) is 10.6 Å². The Morgan fingerprint density at radius 1 is 1.29 bits per heavy atom. The first-order valence-corrected chi connectivity index (χ1v) is 3.49. The van der Waals surface area contributed by atoms with Crippen LogP contribution in [0.5, 0.6) is 0 Å². The molecule has 0 fully saturated rings. The van der Waals surface area contributed by atoms with Gasteiger partial charge in [-0.25, -0.2) is 0 Å². The van der Waals surface area contributed by atoms with Crippen molar-refractivity contribution in [3.63, 3.8) is 0 Å². The molecule has 0 atom stereocenters. The summed E-state index contributed by atoms with van der Waals surface area (Å²) in [6.07, 6.45) is 0.0465. The molecule has 0 unspecified atom stereocenters. The number of nitrogens with two attached hydrogens (primary N) is 1. The molecule has 1 aromatic carbocycles. The number of rotatable bonds is 3. The van der Waals surface area contributed by atoms with Gasteiger partial charge in [0, 0.05) is 5.69 Å². The molecule has 80 valence electrons. The largest absolute Gasteiger partial charge is 0.481 e. The second-order valence-electron chi connectivity index (χ2n) is 2.41. The smallest absolute Gasteiger partial charge is 0.307 e. The van der Waals surface area contributed by atoms with Crippen LogP contribution >= 0.6 is 24.8 Å². The zero-order valence-corrected chi connectivity index (χ0v) is 8.90. The summed E-state index contributed by atoms with van der Waals surface area (Å²) < 4.78 is 0. The van der Waals surface area contributed by atoms with Crippen LogP contribution in [0, 0.1) is 0 Å². The minimum absolute atomic E-state index is 0. The third-order valence-electron chi connectivity index (χ3n) is 1.48. The Morgan fingerprint density at radius 3 is 2.14 bits per heavy atom. The van der Waals surface area contributed by atoms with Crippen molar-refractivity contribution in [3.05, 3.63) is 29.8 Å². The molecule has 4 nitrogen and oxygen atoms in total. The molecule has 0 aliphatic rings. The van der Waals surface area contributed by atoms with Gasteiger partial charge in [-0.15, -0.1) is 24.8 Å². The minimum atomic E-state index is -0.830. The van der Waals surface area contributed by atoms with Gasteiger partial charge >= 0.3 is 5.97 Å². The monoisotopic (exact) mass is 238 g/mol. The van der Waals surface area contributed by atoms with Gasteiger partial charge in [0.1, 0.15) is 0 Å². The van der Waals surface area contributed by atoms with Crippen LogP contribution in [0.2, 0.25) is 0 Å². The van der Waals surface area contributed by atoms with Gasteiger partial charge in [0.05, 0.1) is 6.42 Å². The summed E-state index contributed by atoms with van der Waals surface area (Å²) >= 11 is 0. The van der Waals surface area contributed by atoms with E-state index in [2.05, 4.69) is 5.43 Å². The summed E-state index contributed by atoms with van der Waals surface area (Å²) in [6, 6.07) is 6.92. The van der Waals surface area contributed by atoms with E-state index in [0.29, 0.717) is 0 Å². The molecule has 0 saturated heterocycles. The van der Waals surface area contributed by atoms with E-state index < -0.39 is 5.97 Å². The SMILES string of the molecule is Cl.Cl.NNc1ccc(CC(=O)O)cc1. The standard InChI is InChI=1S/C8H10N2O2.2ClH/c9-10-7-3-1-6(2-4-7)5-8(11)12;;/h1-4,10H,5,9H2,(H,11,12);2*1H. The molecular formula is C8H12Cl2N2O2. The second-order valence-corrected chi connectivity index (χ2v) is 2.41. The van der Waals surface area contributed by atoms with E-state index in [4.69, 9.17) is 10.9 Å². The van der Waals surface area contributed by atoms with Crippen LogP contribution in [0.3, 0.4) is 0 Å². The third kappa shape index (κ3) is 4.91. The molecule has 0 heterocycles. The van der Waals surface area contributed by atoms with E-state index in [-0.39, 0.29) is 31.2 Å². The van der Waals surface area contributed by atoms with Crippen molar-refractivity contribution in [3.8, 4) is 0 Å². The summed E-state index contributed by atoms with van der Waals surface area (Å²) in [5.41, 5.74) is 3.99. The van der Waals surface area contributed by atoms with E-state index in [1.165, 1.54) is 0 Å². The molecule has 1 rings (SSSR count). The van der Waals surface area contributed by atoms with Gasteiger partial charge in [-0.2, -0.15) is 0 Å². The first kappa shape index (κ1) is 15.5. The van der Waals surface area contributed by atoms with Gasteiger partial charge in [0.2, 0.25) is 0 Å². The van der Waals surface area contributed by atoms with E-state index in [9.17, 15) is 4.79 Å². The molecule has 4 N–H and O–H groups in total. The van der Waals surface area contributed by atoms with Crippen LogP contribution in [0.15, 0.2) is 24.3 Å². The van der Waals surface area contributed by atoms with Crippen molar-refractivity contribution in [1.82, 2.24) is 0 Å². The summed E-state index contributed by atoms with van der Waals surface area (Å²) in [6.45, 7) is 0. The number of carboxylic acid groups (broad SMARTS) is 1. The fourth-order valence-electron chi connectivity index (χ4n) is 0.893. The molecule has 6 heteroatoms. The van der Waals surface area contributed by atoms with Crippen LogP contribution in [-0.4, -0.2) is 11.1 Å². The number of benzene rings is 1. The van der Waals surface area contributed by atoms with Crippen LogP contribution in [0.4, 0.5) is 5.69 Å². The van der Waals surface area contributed by atoms with Crippen LogP contribution in [-0.2, 0) is 11.2 Å². The lowest BCUT2D eigenvalue weighted by atomic mass is 10.1. The number of nitrogens with one attached hydrogen (secondary N) is 1. The van der Waals surface area contributed by atoms with Gasteiger partial charge in [0.15, 0.2) is 0 Å². The molecule has 0 aromatic heterocycles. The Morgan fingerprint density at radius 2 is 1.79 bits per heavy atom. The number of aliphatic carboxylic acids is 1. The zero-order chi connectivity index (χ0) is 8.97. The van der Waals surface area contributed by atoms with Crippen LogP contribution < -0.4 is 11.3 Å². The number of halogens is 2. The lowest BCUT2D eigenvalue weighted by molar-refractivity contribution is -0.136. The lowest BCUT2D eigenvalue weighted by Gasteiger charge is -2.00. The van der Waals surface area contributed by atoms with Crippen molar-refractivity contribution < 1.29 is 9.90 Å². The average Bonchev–Trinajstić information content (AvgIpc) is 2.05. The van der Waals surface area contributed by atoms with Crippen molar-refractivity contribution in [1.29, 1.82) is 0 Å². The van der Waals surface area contributed by atoms with Crippen molar-refractivity contribution in [2.24, 2.45) is 5.84 Å². The molecule has 0 aliphatic carbocycles. The number of hydrogen-bond donors (Lipinski definition) is 3. The first-order chi connectivity index (χ1) is 5.72. The highest BCUT2D eigenvalue weighted by Gasteiger charge is 1.98. The summed E-state index contributed by atoms with van der Waals surface area (Å²) in [4.78, 5) is 10.3. The Hall–Kier alpha value is -0.970. The average molecular weight is 239 g/mol. The third-order valence-corrected chi connectivity index (χ3v) is 1.48. The molecule has 0 amide bonds. The Kier molecular flexibility index (Phi) is 8.23. The quantitative estimate of drug-likeness (QED) is 0.551. The predicted molar refractivity (Wildman–Crippen MR) is 60.1 cm³/mol. The van der Waals surface area contributed by atoms with E-state index in [1.54, 1.807) is 24.3 Å². The van der Waals surface area contributed by atoms with Crippen molar-refractivity contribution in [2.45, 2.75) is 6.42 Å². The Balaban J connectivity index is 0. The lowest BCUT2D eigenvalue weighted by Crippen LogP contribution is -2.06. The molecule has 0 aliphatic heterocycles. The maximum atomic E-state index is 10.3. The number of anilines is 1. The molecule has 0 spiro atoms. The Bertz CT molecular complexity index is 277. The normalized spacial score (nSPS) is 8.07. The van der Waals surface area contributed by atoms with Crippen molar-refractivity contribution >= 4 is 36.5 Å². The molecule has 14 heavy (non-hydrogen) atoms. The van der Waals surface area contributed by atoms with E-state index >= 15 is 0 Å². The predicted octanol–water partition coefficient (Wildman–Crippen LogP) is 1.44. The fourth-order valence-corrected chi connectivity index (χ4v) is 0.893. The number of carbonyl (C=O) groups is 1. The highest BCUT2D eigenvalue weighted by molar-refractivity contribution is 5.85. The van der Waals surface area contributed by atoms with Gasteiger partial charge < -0.3 is 10.5 Å². The number of nitrogen functional groups attached to an aromatic ring is 1. The van der Waals surface area contributed by atoms with E-state index in [1.807, 2.05) is 0 Å². The van der Waals surface area contributed by atoms with Gasteiger partial charge in [0.25, 0.3) is 0 Å². The van der Waals surface area contributed by atoms with Crippen LogP contribution in [0.1, 0.15) is 5.56 Å². The summed E-state index contributed by atoms with van der Waals surface area (Å²) in [7, 11) is 0. The number of hydrogen-bond acceptors (Lipinski definition) is 3. The number of hydrazine groups is 1. The highest BCUT2D eigenvalue weighted by Crippen LogP contribution is 2.08. The van der Waals surface area contributed by atoms with Crippen LogP contribution in [0.25, 0.3) is 0 Å². The maximum absolute atomic E-state index is 10.3. The second kappa shape index (κ2) is 7.44. The molecule has 0 bridgehead atoms. The molecular weight excluding hydrogens is 227 g/mol. The van der Waals surface area contributed by atoms with Gasteiger partial charge in [-0.1, -0.05) is 12.1 Å². The summed E-state index contributed by atoms with van der Waals surface area (Å²) in [5, 5.41) is 8.45. The first-order valence-electron chi connectivity index (χ1n) is 3.49. The highest BCUT2D eigenvalue weighted by atomic mass is 35.5. The van der Waals surface area contributed by atoms with E-state index in [0.717, 1.165) is 11.3 Å².